The number of nitrogens with one attached hydrogen (secondary N) is 2. The summed E-state index contributed by atoms with van der Waals surface area (Å²) in [6.07, 6.45) is 4.55. The quantitative estimate of drug-likeness (QED) is 0.514. The van der Waals surface area contributed by atoms with Crippen LogP contribution in [0.3, 0.4) is 0 Å². The summed E-state index contributed by atoms with van der Waals surface area (Å²) in [7, 11) is -4.12. The zero-order chi connectivity index (χ0) is 22.4. The summed E-state index contributed by atoms with van der Waals surface area (Å²) in [4.78, 5) is 16.0. The van der Waals surface area contributed by atoms with Gasteiger partial charge in [-0.15, -0.1) is 6.58 Å². The first-order valence-corrected chi connectivity index (χ1v) is 10.7. The van der Waals surface area contributed by atoms with Crippen molar-refractivity contribution in [2.45, 2.75) is 11.8 Å². The maximum absolute atomic E-state index is 14.1. The number of amides is 1. The van der Waals surface area contributed by atoms with Gasteiger partial charge in [-0.2, -0.15) is 0 Å². The number of rotatable bonds is 8. The van der Waals surface area contributed by atoms with E-state index in [2.05, 4.69) is 21.6 Å². The van der Waals surface area contributed by atoms with Crippen molar-refractivity contribution < 1.29 is 22.3 Å². The molecule has 2 aromatic carbocycles. The molecule has 0 aliphatic heterocycles. The van der Waals surface area contributed by atoms with Gasteiger partial charge in [0, 0.05) is 24.0 Å². The first-order chi connectivity index (χ1) is 14.8. The van der Waals surface area contributed by atoms with E-state index in [1.54, 1.807) is 42.7 Å². The molecule has 1 aromatic heterocycles. The maximum atomic E-state index is 14.1. The van der Waals surface area contributed by atoms with Crippen LogP contribution < -0.4 is 14.8 Å². The van der Waals surface area contributed by atoms with E-state index in [1.165, 1.54) is 12.1 Å². The number of benzene rings is 2. The van der Waals surface area contributed by atoms with Crippen molar-refractivity contribution in [1.82, 2.24) is 9.71 Å². The Morgan fingerprint density at radius 2 is 2.03 bits per heavy atom. The van der Waals surface area contributed by atoms with Crippen LogP contribution in [0.1, 0.15) is 15.9 Å². The molecule has 31 heavy (non-hydrogen) atoms. The van der Waals surface area contributed by atoms with Crippen LogP contribution >= 0.6 is 0 Å². The average molecular weight is 441 g/mol. The first kappa shape index (κ1) is 22.1. The van der Waals surface area contributed by atoms with Crippen LogP contribution in [-0.4, -0.2) is 25.9 Å². The van der Waals surface area contributed by atoms with Crippen molar-refractivity contribution in [3.63, 3.8) is 0 Å². The molecule has 7 nitrogen and oxygen atoms in total. The van der Waals surface area contributed by atoms with Crippen LogP contribution in [0.4, 0.5) is 10.1 Å². The number of aryl methyl sites for hydroxylation is 1. The van der Waals surface area contributed by atoms with Crippen LogP contribution in [0.5, 0.6) is 11.5 Å². The van der Waals surface area contributed by atoms with E-state index in [9.17, 15) is 17.6 Å². The fourth-order valence-electron chi connectivity index (χ4n) is 2.68. The summed E-state index contributed by atoms with van der Waals surface area (Å²) in [6.45, 7) is 5.16. The molecule has 1 heterocycles. The third kappa shape index (κ3) is 5.53. The van der Waals surface area contributed by atoms with Crippen LogP contribution in [0.2, 0.25) is 0 Å². The van der Waals surface area contributed by atoms with Gasteiger partial charge in [0.15, 0.2) is 0 Å². The summed E-state index contributed by atoms with van der Waals surface area (Å²) < 4.78 is 46.5. The van der Waals surface area contributed by atoms with Gasteiger partial charge >= 0.3 is 0 Å². The summed E-state index contributed by atoms with van der Waals surface area (Å²) in [5.74, 6) is -0.372. The van der Waals surface area contributed by atoms with E-state index in [0.29, 0.717) is 17.2 Å². The minimum absolute atomic E-state index is 0.00582. The van der Waals surface area contributed by atoms with Gasteiger partial charge in [0.1, 0.15) is 22.2 Å². The maximum Gasteiger partial charge on any atom is 0.255 e. The zero-order valence-electron chi connectivity index (χ0n) is 16.6. The number of pyridine rings is 1. The van der Waals surface area contributed by atoms with E-state index in [4.69, 9.17) is 4.74 Å². The van der Waals surface area contributed by atoms with Crippen molar-refractivity contribution in [1.29, 1.82) is 0 Å². The summed E-state index contributed by atoms with van der Waals surface area (Å²) >= 11 is 0. The minimum atomic E-state index is -4.12. The number of anilines is 1. The lowest BCUT2D eigenvalue weighted by atomic mass is 10.1. The monoisotopic (exact) mass is 441 g/mol. The third-order valence-corrected chi connectivity index (χ3v) is 5.63. The van der Waals surface area contributed by atoms with Gasteiger partial charge in [-0.05, 0) is 61.0 Å². The molecule has 0 atom stereocenters. The van der Waals surface area contributed by atoms with Crippen molar-refractivity contribution in [3.05, 3.63) is 90.5 Å². The highest BCUT2D eigenvalue weighted by atomic mass is 32.2. The Morgan fingerprint density at radius 3 is 2.71 bits per heavy atom. The predicted molar refractivity (Wildman–Crippen MR) is 115 cm³/mol. The highest BCUT2D eigenvalue weighted by Gasteiger charge is 2.20. The lowest BCUT2D eigenvalue weighted by Gasteiger charge is -2.12. The molecule has 0 spiro atoms. The number of hydrogen-bond donors (Lipinski definition) is 2. The van der Waals surface area contributed by atoms with Gasteiger partial charge in [0.25, 0.3) is 5.91 Å². The molecule has 0 bridgehead atoms. The second-order valence-electron chi connectivity index (χ2n) is 6.51. The molecule has 0 aliphatic rings. The fourth-order valence-corrected chi connectivity index (χ4v) is 3.78. The topological polar surface area (TPSA) is 97.4 Å². The van der Waals surface area contributed by atoms with Gasteiger partial charge in [-0.1, -0.05) is 6.08 Å². The predicted octanol–water partition coefficient (Wildman–Crippen LogP) is 4.04. The fraction of sp³-hybridized carbons (Fsp3) is 0.0909. The molecule has 0 radical (unpaired) electrons. The second-order valence-corrected chi connectivity index (χ2v) is 8.25. The molecule has 3 rings (SSSR count). The van der Waals surface area contributed by atoms with E-state index in [1.807, 2.05) is 6.92 Å². The normalized spacial score (nSPS) is 11.0. The molecule has 1 amide bonds. The lowest BCUT2D eigenvalue weighted by molar-refractivity contribution is 0.102. The van der Waals surface area contributed by atoms with Crippen molar-refractivity contribution in [3.8, 4) is 11.5 Å². The molecule has 0 saturated carbocycles. The number of hydrogen-bond acceptors (Lipinski definition) is 5. The zero-order valence-corrected chi connectivity index (χ0v) is 17.4. The van der Waals surface area contributed by atoms with Crippen molar-refractivity contribution in [2.75, 3.05) is 11.9 Å². The van der Waals surface area contributed by atoms with E-state index >= 15 is 0 Å². The summed E-state index contributed by atoms with van der Waals surface area (Å²) in [6, 6.07) is 11.7. The molecular weight excluding hydrogens is 421 g/mol. The highest BCUT2D eigenvalue weighted by molar-refractivity contribution is 7.89. The number of ether oxygens (including phenoxy) is 1. The Morgan fingerprint density at radius 1 is 1.23 bits per heavy atom. The second kappa shape index (κ2) is 9.50. The lowest BCUT2D eigenvalue weighted by Crippen LogP contribution is -2.25. The van der Waals surface area contributed by atoms with Gasteiger partial charge < -0.3 is 10.1 Å². The number of sulfonamides is 1. The van der Waals surface area contributed by atoms with Gasteiger partial charge in [0.2, 0.25) is 10.0 Å². The Hall–Kier alpha value is -3.56. The molecule has 0 aliphatic carbocycles. The van der Waals surface area contributed by atoms with E-state index in [-0.39, 0.29) is 12.1 Å². The third-order valence-electron chi connectivity index (χ3n) is 4.20. The Kier molecular flexibility index (Phi) is 6.78. The molecule has 2 N–H and O–H groups in total. The van der Waals surface area contributed by atoms with E-state index < -0.39 is 26.6 Å². The molecule has 160 valence electrons. The summed E-state index contributed by atoms with van der Waals surface area (Å²) in [5, 5.41) is 2.67. The molecular formula is C22H20FN3O4S. The molecule has 0 fully saturated rings. The van der Waals surface area contributed by atoms with Gasteiger partial charge in [0.05, 0.1) is 6.20 Å². The standard InChI is InChI=1S/C22H20FN3O4S/c1-3-10-25-31(28,29)21-13-16(6-8-19(21)23)22(27)26-17-7-9-20(15(2)12-17)30-18-5-4-11-24-14-18/h3-9,11-14,25H,1,10H2,2H3,(H,26,27). The molecule has 9 heteroatoms. The first-order valence-electron chi connectivity index (χ1n) is 9.20. The van der Waals surface area contributed by atoms with Crippen molar-refractivity contribution in [2.24, 2.45) is 0 Å². The van der Waals surface area contributed by atoms with Crippen LogP contribution in [0.25, 0.3) is 0 Å². The Balaban J connectivity index is 1.78. The number of nitrogens with zero attached hydrogens (tertiary/aromatic N) is 1. The number of halogens is 1. The molecule has 3 aromatic rings. The number of carbonyl (C=O) groups excluding carboxylic acids is 1. The highest BCUT2D eigenvalue weighted by Crippen LogP contribution is 2.27. The van der Waals surface area contributed by atoms with Crippen LogP contribution in [-0.2, 0) is 10.0 Å². The number of carbonyl (C=O) groups is 1. The van der Waals surface area contributed by atoms with Gasteiger partial charge in [-0.25, -0.2) is 17.5 Å². The largest absolute Gasteiger partial charge is 0.455 e. The van der Waals surface area contributed by atoms with Crippen LogP contribution in [0.15, 0.2) is 78.5 Å². The van der Waals surface area contributed by atoms with Gasteiger partial charge in [-0.3, -0.25) is 9.78 Å². The van der Waals surface area contributed by atoms with E-state index in [0.717, 1.165) is 17.7 Å². The minimum Gasteiger partial charge on any atom is -0.455 e. The number of aromatic nitrogens is 1. The smallest absolute Gasteiger partial charge is 0.255 e. The Bertz CT molecular complexity index is 1210. The van der Waals surface area contributed by atoms with Crippen LogP contribution in [0, 0.1) is 12.7 Å². The molecule has 0 unspecified atom stereocenters. The van der Waals surface area contributed by atoms with Crippen molar-refractivity contribution >= 4 is 21.6 Å². The SMILES string of the molecule is C=CCNS(=O)(=O)c1cc(C(=O)Nc2ccc(Oc3cccnc3)c(C)c2)ccc1F. The Labute approximate surface area is 179 Å². The average Bonchev–Trinajstić information content (AvgIpc) is 2.75. The summed E-state index contributed by atoms with van der Waals surface area (Å²) in [5.41, 5.74) is 1.23. The molecule has 0 saturated heterocycles.